The first-order chi connectivity index (χ1) is 11.2. The summed E-state index contributed by atoms with van der Waals surface area (Å²) in [6.07, 6.45) is 2.43. The summed E-state index contributed by atoms with van der Waals surface area (Å²) in [5.74, 6) is 0.900. The second kappa shape index (κ2) is 7.10. The van der Waals surface area contributed by atoms with E-state index < -0.39 is 0 Å². The molecule has 2 aromatic rings. The SMILES string of the molecule is COC(=O)[C@H]1CCCN1CCc1nc(-c2cccc(Cl)c2)no1. The van der Waals surface area contributed by atoms with Crippen molar-refractivity contribution in [3.05, 3.63) is 35.2 Å². The third-order valence-corrected chi connectivity index (χ3v) is 4.24. The van der Waals surface area contributed by atoms with Gasteiger partial charge in [-0.15, -0.1) is 0 Å². The van der Waals surface area contributed by atoms with Crippen LogP contribution in [0.25, 0.3) is 11.4 Å². The Hall–Kier alpha value is -1.92. The topological polar surface area (TPSA) is 68.5 Å². The Labute approximate surface area is 139 Å². The van der Waals surface area contributed by atoms with Crippen LogP contribution in [0.3, 0.4) is 0 Å². The number of esters is 1. The number of aromatic nitrogens is 2. The minimum absolute atomic E-state index is 0.157. The number of methoxy groups -OCH3 is 1. The predicted octanol–water partition coefficient (Wildman–Crippen LogP) is 2.57. The molecule has 1 aliphatic heterocycles. The third kappa shape index (κ3) is 3.71. The second-order valence-electron chi connectivity index (χ2n) is 5.49. The maximum Gasteiger partial charge on any atom is 0.323 e. The lowest BCUT2D eigenvalue weighted by Crippen LogP contribution is -2.38. The van der Waals surface area contributed by atoms with Crippen molar-refractivity contribution in [2.45, 2.75) is 25.3 Å². The van der Waals surface area contributed by atoms with Crippen molar-refractivity contribution in [3.63, 3.8) is 0 Å². The number of carbonyl (C=O) groups excluding carboxylic acids is 1. The van der Waals surface area contributed by atoms with Gasteiger partial charge >= 0.3 is 5.97 Å². The van der Waals surface area contributed by atoms with Crippen LogP contribution in [-0.2, 0) is 16.0 Å². The van der Waals surface area contributed by atoms with Gasteiger partial charge in [0, 0.05) is 23.6 Å². The zero-order valence-electron chi connectivity index (χ0n) is 12.9. The third-order valence-electron chi connectivity index (χ3n) is 4.00. The molecule has 1 saturated heterocycles. The maximum atomic E-state index is 11.7. The summed E-state index contributed by atoms with van der Waals surface area (Å²) in [6, 6.07) is 7.17. The standard InChI is InChI=1S/C16H18ClN3O3/c1-22-16(21)13-6-3-8-20(13)9-7-14-18-15(19-23-14)11-4-2-5-12(17)10-11/h2,4-5,10,13H,3,6-9H2,1H3/t13-/m1/s1. The van der Waals surface area contributed by atoms with Gasteiger partial charge in [-0.25, -0.2) is 0 Å². The maximum absolute atomic E-state index is 11.7. The first-order valence-electron chi connectivity index (χ1n) is 7.58. The van der Waals surface area contributed by atoms with E-state index in [0.29, 0.717) is 29.7 Å². The van der Waals surface area contributed by atoms with Crippen LogP contribution in [0.4, 0.5) is 0 Å². The van der Waals surface area contributed by atoms with Gasteiger partial charge in [0.05, 0.1) is 7.11 Å². The Morgan fingerprint density at radius 2 is 2.39 bits per heavy atom. The van der Waals surface area contributed by atoms with E-state index in [-0.39, 0.29) is 12.0 Å². The van der Waals surface area contributed by atoms with E-state index in [1.54, 1.807) is 12.1 Å². The van der Waals surface area contributed by atoms with E-state index in [0.717, 1.165) is 24.9 Å². The van der Waals surface area contributed by atoms with Crippen molar-refractivity contribution in [1.29, 1.82) is 0 Å². The smallest absolute Gasteiger partial charge is 0.323 e. The molecule has 1 aromatic heterocycles. The first-order valence-corrected chi connectivity index (χ1v) is 7.95. The Bertz CT molecular complexity index is 689. The van der Waals surface area contributed by atoms with Crippen LogP contribution in [0.1, 0.15) is 18.7 Å². The van der Waals surface area contributed by atoms with Crippen LogP contribution in [0.2, 0.25) is 5.02 Å². The average Bonchev–Trinajstić information content (AvgIpc) is 3.21. The fourth-order valence-electron chi connectivity index (χ4n) is 2.84. The van der Waals surface area contributed by atoms with Gasteiger partial charge in [-0.1, -0.05) is 28.9 Å². The lowest BCUT2D eigenvalue weighted by molar-refractivity contribution is -0.145. The molecule has 1 fully saturated rings. The number of halogens is 1. The predicted molar refractivity (Wildman–Crippen MR) is 85.1 cm³/mol. The number of nitrogens with zero attached hydrogens (tertiary/aromatic N) is 3. The van der Waals surface area contributed by atoms with Crippen molar-refractivity contribution in [2.75, 3.05) is 20.2 Å². The van der Waals surface area contributed by atoms with Crippen molar-refractivity contribution in [2.24, 2.45) is 0 Å². The van der Waals surface area contributed by atoms with Crippen LogP contribution >= 0.6 is 11.6 Å². The van der Waals surface area contributed by atoms with Gasteiger partial charge in [0.15, 0.2) is 0 Å². The molecule has 7 heteroatoms. The number of likely N-dealkylation sites (tertiary alicyclic amines) is 1. The zero-order valence-corrected chi connectivity index (χ0v) is 13.6. The van der Waals surface area contributed by atoms with Crippen LogP contribution in [0, 0.1) is 0 Å². The molecule has 0 saturated carbocycles. The summed E-state index contributed by atoms with van der Waals surface area (Å²) >= 11 is 5.97. The highest BCUT2D eigenvalue weighted by molar-refractivity contribution is 6.30. The van der Waals surface area contributed by atoms with Crippen molar-refractivity contribution >= 4 is 17.6 Å². The fourth-order valence-corrected chi connectivity index (χ4v) is 3.03. The molecule has 1 aromatic carbocycles. The van der Waals surface area contributed by atoms with Crippen molar-refractivity contribution < 1.29 is 14.1 Å². The number of rotatable bonds is 5. The van der Waals surface area contributed by atoms with E-state index in [1.165, 1.54) is 7.11 Å². The van der Waals surface area contributed by atoms with Gasteiger partial charge in [-0.05, 0) is 31.5 Å². The molecule has 0 unspecified atom stereocenters. The molecule has 1 aliphatic rings. The monoisotopic (exact) mass is 335 g/mol. The highest BCUT2D eigenvalue weighted by atomic mass is 35.5. The molecule has 3 rings (SSSR count). The van der Waals surface area contributed by atoms with Crippen LogP contribution in [0.5, 0.6) is 0 Å². The molecule has 0 N–H and O–H groups in total. The molecule has 0 bridgehead atoms. The highest BCUT2D eigenvalue weighted by Gasteiger charge is 2.31. The number of hydrogen-bond donors (Lipinski definition) is 0. The molecule has 1 atom stereocenters. The van der Waals surface area contributed by atoms with E-state index in [4.69, 9.17) is 20.9 Å². The number of benzene rings is 1. The number of carbonyl (C=O) groups is 1. The molecular formula is C16H18ClN3O3. The van der Waals surface area contributed by atoms with Crippen molar-refractivity contribution in [1.82, 2.24) is 15.0 Å². The molecule has 122 valence electrons. The largest absolute Gasteiger partial charge is 0.468 e. The van der Waals surface area contributed by atoms with Gasteiger partial charge in [0.2, 0.25) is 11.7 Å². The van der Waals surface area contributed by atoms with Gasteiger partial charge in [-0.2, -0.15) is 4.98 Å². The minimum Gasteiger partial charge on any atom is -0.468 e. The summed E-state index contributed by atoms with van der Waals surface area (Å²) in [6.45, 7) is 1.58. The lowest BCUT2D eigenvalue weighted by atomic mass is 10.2. The second-order valence-corrected chi connectivity index (χ2v) is 5.93. The highest BCUT2D eigenvalue weighted by Crippen LogP contribution is 2.21. The van der Waals surface area contributed by atoms with E-state index in [9.17, 15) is 4.79 Å². The van der Waals surface area contributed by atoms with E-state index in [1.807, 2.05) is 12.1 Å². The molecule has 0 radical (unpaired) electrons. The Kier molecular flexibility index (Phi) is 4.93. The van der Waals surface area contributed by atoms with Gasteiger partial charge in [-0.3, -0.25) is 9.69 Å². The molecular weight excluding hydrogens is 318 g/mol. The van der Waals surface area contributed by atoms with Gasteiger partial charge in [0.1, 0.15) is 6.04 Å². The Balaban J connectivity index is 1.62. The van der Waals surface area contributed by atoms with Crippen molar-refractivity contribution in [3.8, 4) is 11.4 Å². The lowest BCUT2D eigenvalue weighted by Gasteiger charge is -2.21. The van der Waals surface area contributed by atoms with Crippen LogP contribution in [-0.4, -0.2) is 47.3 Å². The summed E-state index contributed by atoms with van der Waals surface area (Å²) in [4.78, 5) is 18.2. The molecule has 0 aliphatic carbocycles. The van der Waals surface area contributed by atoms with Gasteiger partial charge < -0.3 is 9.26 Å². The molecule has 2 heterocycles. The molecule has 0 amide bonds. The van der Waals surface area contributed by atoms with Gasteiger partial charge in [0.25, 0.3) is 0 Å². The zero-order chi connectivity index (χ0) is 16.2. The summed E-state index contributed by atoms with van der Waals surface area (Å²) in [5, 5.41) is 4.62. The summed E-state index contributed by atoms with van der Waals surface area (Å²) in [7, 11) is 1.42. The number of ether oxygens (including phenoxy) is 1. The quantitative estimate of drug-likeness (QED) is 0.782. The molecule has 0 spiro atoms. The summed E-state index contributed by atoms with van der Waals surface area (Å²) < 4.78 is 10.1. The van der Waals surface area contributed by atoms with E-state index >= 15 is 0 Å². The minimum atomic E-state index is -0.173. The average molecular weight is 336 g/mol. The number of hydrogen-bond acceptors (Lipinski definition) is 6. The Morgan fingerprint density at radius 1 is 1.52 bits per heavy atom. The normalized spacial score (nSPS) is 18.3. The molecule has 23 heavy (non-hydrogen) atoms. The fraction of sp³-hybridized carbons (Fsp3) is 0.438. The molecule has 6 nitrogen and oxygen atoms in total. The Morgan fingerprint density at radius 3 is 3.17 bits per heavy atom. The first kappa shape index (κ1) is 16.0. The van der Waals surface area contributed by atoms with Crippen LogP contribution in [0.15, 0.2) is 28.8 Å². The summed E-state index contributed by atoms with van der Waals surface area (Å²) in [5.41, 5.74) is 0.820. The van der Waals surface area contributed by atoms with Crippen LogP contribution < -0.4 is 0 Å². The van der Waals surface area contributed by atoms with E-state index in [2.05, 4.69) is 15.0 Å².